The Labute approximate surface area is 103 Å². The quantitative estimate of drug-likeness (QED) is 0.874. The van der Waals surface area contributed by atoms with Crippen molar-refractivity contribution in [2.75, 3.05) is 0 Å². The first-order chi connectivity index (χ1) is 8.16. The second kappa shape index (κ2) is 5.11. The summed E-state index contributed by atoms with van der Waals surface area (Å²) in [4.78, 5) is 4.45. The smallest absolute Gasteiger partial charge is 0.0603 e. The third-order valence-electron chi connectivity index (χ3n) is 2.91. The van der Waals surface area contributed by atoms with Crippen LogP contribution in [0.2, 0.25) is 0 Å². The molecular formula is C15H18N2. The van der Waals surface area contributed by atoms with Crippen LogP contribution >= 0.6 is 0 Å². The van der Waals surface area contributed by atoms with E-state index in [1.54, 1.807) is 0 Å². The van der Waals surface area contributed by atoms with Crippen LogP contribution in [-0.2, 0) is 6.42 Å². The molecule has 1 heterocycles. The van der Waals surface area contributed by atoms with E-state index < -0.39 is 0 Å². The van der Waals surface area contributed by atoms with Crippen molar-refractivity contribution in [1.82, 2.24) is 4.98 Å². The van der Waals surface area contributed by atoms with Gasteiger partial charge in [0.15, 0.2) is 0 Å². The highest BCUT2D eigenvalue weighted by Gasteiger charge is 2.11. The molecule has 2 aromatic rings. The maximum absolute atomic E-state index is 6.22. The summed E-state index contributed by atoms with van der Waals surface area (Å²) in [6, 6.07) is 12.4. The van der Waals surface area contributed by atoms with E-state index in [2.05, 4.69) is 30.1 Å². The van der Waals surface area contributed by atoms with Gasteiger partial charge in [0.05, 0.1) is 11.7 Å². The van der Waals surface area contributed by atoms with Crippen molar-refractivity contribution in [2.45, 2.75) is 26.3 Å². The fraction of sp³-hybridized carbons (Fsp3) is 0.267. The number of benzene rings is 1. The van der Waals surface area contributed by atoms with E-state index in [4.69, 9.17) is 5.73 Å². The number of aryl methyl sites for hydroxylation is 2. The van der Waals surface area contributed by atoms with Crippen LogP contribution in [0.25, 0.3) is 0 Å². The molecule has 0 saturated carbocycles. The van der Waals surface area contributed by atoms with Crippen LogP contribution < -0.4 is 5.73 Å². The molecule has 1 aromatic carbocycles. The Hall–Kier alpha value is -1.67. The van der Waals surface area contributed by atoms with Gasteiger partial charge < -0.3 is 5.73 Å². The van der Waals surface area contributed by atoms with Crippen molar-refractivity contribution < 1.29 is 0 Å². The first-order valence-electron chi connectivity index (χ1n) is 5.89. The normalized spacial score (nSPS) is 12.4. The molecule has 0 bridgehead atoms. The summed E-state index contributed by atoms with van der Waals surface area (Å²) in [5, 5.41) is 0. The highest BCUT2D eigenvalue weighted by Crippen LogP contribution is 2.18. The number of nitrogens with zero attached hydrogens (tertiary/aromatic N) is 1. The van der Waals surface area contributed by atoms with Gasteiger partial charge in [-0.1, -0.05) is 36.4 Å². The molecule has 1 unspecified atom stereocenters. The van der Waals surface area contributed by atoms with Crippen molar-refractivity contribution >= 4 is 0 Å². The maximum Gasteiger partial charge on any atom is 0.0603 e. The van der Waals surface area contributed by atoms with Gasteiger partial charge in [0.2, 0.25) is 0 Å². The Morgan fingerprint density at radius 2 is 1.88 bits per heavy atom. The summed E-state index contributed by atoms with van der Waals surface area (Å²) < 4.78 is 0. The van der Waals surface area contributed by atoms with Gasteiger partial charge >= 0.3 is 0 Å². The molecule has 0 saturated heterocycles. The highest BCUT2D eigenvalue weighted by atomic mass is 14.8. The van der Waals surface area contributed by atoms with Gasteiger partial charge in [-0.15, -0.1) is 0 Å². The van der Waals surface area contributed by atoms with E-state index in [1.807, 2.05) is 31.3 Å². The predicted molar refractivity (Wildman–Crippen MR) is 70.8 cm³/mol. The minimum Gasteiger partial charge on any atom is -0.322 e. The van der Waals surface area contributed by atoms with Crippen molar-refractivity contribution in [3.63, 3.8) is 0 Å². The zero-order valence-corrected chi connectivity index (χ0v) is 10.4. The molecule has 2 nitrogen and oxygen atoms in total. The number of nitrogens with two attached hydrogens (primary N) is 1. The minimum atomic E-state index is -0.0296. The number of rotatable bonds is 3. The average molecular weight is 226 g/mol. The lowest BCUT2D eigenvalue weighted by Crippen LogP contribution is -2.16. The lowest BCUT2D eigenvalue weighted by molar-refractivity contribution is 0.689. The zero-order valence-electron chi connectivity index (χ0n) is 10.4. The van der Waals surface area contributed by atoms with Crippen molar-refractivity contribution in [2.24, 2.45) is 5.73 Å². The molecule has 2 heteroatoms. The van der Waals surface area contributed by atoms with Gasteiger partial charge in [-0.25, -0.2) is 0 Å². The maximum atomic E-state index is 6.22. The van der Waals surface area contributed by atoms with Gasteiger partial charge in [0.25, 0.3) is 0 Å². The van der Waals surface area contributed by atoms with E-state index in [0.29, 0.717) is 0 Å². The third-order valence-corrected chi connectivity index (χ3v) is 2.91. The van der Waals surface area contributed by atoms with Crippen molar-refractivity contribution in [3.8, 4) is 0 Å². The average Bonchev–Trinajstić information content (AvgIpc) is 2.30. The fourth-order valence-electron chi connectivity index (χ4n) is 2.08. The summed E-state index contributed by atoms with van der Waals surface area (Å²) in [6.07, 6.45) is 2.71. The van der Waals surface area contributed by atoms with Crippen LogP contribution in [0.15, 0.2) is 42.6 Å². The van der Waals surface area contributed by atoms with Crippen molar-refractivity contribution in [1.29, 1.82) is 0 Å². The number of aromatic nitrogens is 1. The highest BCUT2D eigenvalue weighted by molar-refractivity contribution is 5.27. The number of pyridine rings is 1. The van der Waals surface area contributed by atoms with Crippen LogP contribution in [0, 0.1) is 13.8 Å². The third kappa shape index (κ3) is 2.92. The monoisotopic (exact) mass is 226 g/mol. The molecule has 1 aromatic heterocycles. The van der Waals surface area contributed by atoms with E-state index in [9.17, 15) is 0 Å². The molecule has 0 spiro atoms. The van der Waals surface area contributed by atoms with Gasteiger partial charge in [-0.05, 0) is 37.0 Å². The molecule has 2 N–H and O–H groups in total. The number of hydrogen-bond acceptors (Lipinski definition) is 2. The zero-order chi connectivity index (χ0) is 12.3. The molecule has 0 radical (unpaired) electrons. The molecule has 0 aliphatic heterocycles. The molecule has 2 rings (SSSR count). The summed E-state index contributed by atoms with van der Waals surface area (Å²) in [7, 11) is 0. The Morgan fingerprint density at radius 3 is 2.53 bits per heavy atom. The summed E-state index contributed by atoms with van der Waals surface area (Å²) >= 11 is 0. The molecule has 0 aliphatic carbocycles. The topological polar surface area (TPSA) is 38.9 Å². The summed E-state index contributed by atoms with van der Waals surface area (Å²) in [5.74, 6) is 0. The van der Waals surface area contributed by atoms with Crippen LogP contribution in [-0.4, -0.2) is 4.98 Å². The lowest BCUT2D eigenvalue weighted by Gasteiger charge is -2.14. The molecule has 17 heavy (non-hydrogen) atoms. The second-order valence-corrected chi connectivity index (χ2v) is 4.51. The predicted octanol–water partition coefficient (Wildman–Crippen LogP) is 2.94. The molecule has 1 atom stereocenters. The standard InChI is InChI=1S/C15H18N2/c1-11-8-12(2)15(17-10-11)14(16)9-13-6-4-3-5-7-13/h3-8,10,14H,9,16H2,1-2H3. The Bertz CT molecular complexity index is 492. The van der Waals surface area contributed by atoms with Gasteiger partial charge in [-0.3, -0.25) is 4.98 Å². The molecule has 0 fully saturated rings. The van der Waals surface area contributed by atoms with Crippen LogP contribution in [0.4, 0.5) is 0 Å². The van der Waals surface area contributed by atoms with E-state index in [1.165, 1.54) is 16.7 Å². The van der Waals surface area contributed by atoms with E-state index in [0.717, 1.165) is 12.1 Å². The van der Waals surface area contributed by atoms with E-state index >= 15 is 0 Å². The van der Waals surface area contributed by atoms with Crippen molar-refractivity contribution in [3.05, 3.63) is 65.0 Å². The Morgan fingerprint density at radius 1 is 1.18 bits per heavy atom. The molecular weight excluding hydrogens is 208 g/mol. The Balaban J connectivity index is 2.17. The SMILES string of the molecule is Cc1cnc(C(N)Cc2ccccc2)c(C)c1. The summed E-state index contributed by atoms with van der Waals surface area (Å²) in [5.41, 5.74) is 10.8. The first-order valence-corrected chi connectivity index (χ1v) is 5.89. The largest absolute Gasteiger partial charge is 0.322 e. The van der Waals surface area contributed by atoms with Crippen LogP contribution in [0.3, 0.4) is 0 Å². The number of hydrogen-bond donors (Lipinski definition) is 1. The van der Waals surface area contributed by atoms with Crippen LogP contribution in [0.5, 0.6) is 0 Å². The first kappa shape index (κ1) is 11.8. The summed E-state index contributed by atoms with van der Waals surface area (Å²) in [6.45, 7) is 4.12. The minimum absolute atomic E-state index is 0.0296. The molecule has 0 aliphatic rings. The van der Waals surface area contributed by atoms with Gasteiger partial charge in [0, 0.05) is 6.20 Å². The lowest BCUT2D eigenvalue weighted by atomic mass is 10.0. The molecule has 88 valence electrons. The van der Waals surface area contributed by atoms with Gasteiger partial charge in [-0.2, -0.15) is 0 Å². The fourth-order valence-corrected chi connectivity index (χ4v) is 2.08. The Kier molecular flexibility index (Phi) is 3.55. The van der Waals surface area contributed by atoms with Gasteiger partial charge in [0.1, 0.15) is 0 Å². The second-order valence-electron chi connectivity index (χ2n) is 4.51. The van der Waals surface area contributed by atoms with Crippen LogP contribution in [0.1, 0.15) is 28.4 Å². The van der Waals surface area contributed by atoms with E-state index in [-0.39, 0.29) is 6.04 Å². The molecule has 0 amide bonds.